The first kappa shape index (κ1) is 14.8. The van der Waals surface area contributed by atoms with E-state index in [0.29, 0.717) is 18.7 Å². The minimum atomic E-state index is -0.451. The van der Waals surface area contributed by atoms with Crippen LogP contribution in [0.4, 0.5) is 10.1 Å². The molecule has 0 saturated heterocycles. The number of anilines is 1. The van der Waals surface area contributed by atoms with Crippen molar-refractivity contribution < 1.29 is 14.2 Å². The third kappa shape index (κ3) is 3.71. The van der Waals surface area contributed by atoms with Crippen molar-refractivity contribution >= 4 is 21.6 Å². The van der Waals surface area contributed by atoms with E-state index in [1.165, 1.54) is 12.1 Å². The quantitative estimate of drug-likeness (QED) is 0.863. The van der Waals surface area contributed by atoms with Gasteiger partial charge < -0.3 is 15.2 Å². The molecule has 0 spiro atoms. The molecule has 3 nitrogen and oxygen atoms in total. The molecule has 0 aliphatic carbocycles. The zero-order chi connectivity index (χ0) is 14.5. The van der Waals surface area contributed by atoms with Crippen LogP contribution in [0, 0.1) is 5.82 Å². The van der Waals surface area contributed by atoms with E-state index in [0.717, 1.165) is 21.8 Å². The van der Waals surface area contributed by atoms with Crippen molar-refractivity contribution in [2.24, 2.45) is 0 Å². The van der Waals surface area contributed by atoms with Gasteiger partial charge in [0, 0.05) is 35.4 Å². The highest BCUT2D eigenvalue weighted by atomic mass is 79.9. The molecule has 106 valence electrons. The molecule has 0 aliphatic rings. The molecule has 20 heavy (non-hydrogen) atoms. The summed E-state index contributed by atoms with van der Waals surface area (Å²) in [5.74, 6) is -0.527. The smallest absolute Gasteiger partial charge is 0.127 e. The fourth-order valence-corrected chi connectivity index (χ4v) is 2.43. The van der Waals surface area contributed by atoms with Gasteiger partial charge in [-0.15, -0.1) is 0 Å². The van der Waals surface area contributed by atoms with Gasteiger partial charge in [-0.3, -0.25) is 0 Å². The lowest BCUT2D eigenvalue weighted by atomic mass is 10.1. The van der Waals surface area contributed by atoms with Gasteiger partial charge in [0.2, 0.25) is 0 Å². The van der Waals surface area contributed by atoms with Crippen LogP contribution in [-0.2, 0) is 17.9 Å². The van der Waals surface area contributed by atoms with Crippen LogP contribution < -0.4 is 5.32 Å². The van der Waals surface area contributed by atoms with Gasteiger partial charge in [-0.2, -0.15) is 0 Å². The summed E-state index contributed by atoms with van der Waals surface area (Å²) in [6, 6.07) is 9.78. The molecule has 2 aromatic carbocycles. The molecule has 0 atom stereocenters. The van der Waals surface area contributed by atoms with Crippen molar-refractivity contribution in [2.45, 2.75) is 13.2 Å². The number of hydrogen-bond acceptors (Lipinski definition) is 3. The van der Waals surface area contributed by atoms with Crippen LogP contribution >= 0.6 is 15.9 Å². The summed E-state index contributed by atoms with van der Waals surface area (Å²) in [6.45, 7) is 0.886. The average Bonchev–Trinajstić information content (AvgIpc) is 2.38. The lowest BCUT2D eigenvalue weighted by molar-refractivity contribution is 0.185. The fraction of sp³-hybridized carbons (Fsp3) is 0.200. The van der Waals surface area contributed by atoms with E-state index in [9.17, 15) is 9.50 Å². The van der Waals surface area contributed by atoms with Crippen LogP contribution in [-0.4, -0.2) is 12.2 Å². The van der Waals surface area contributed by atoms with Crippen LogP contribution in [0.1, 0.15) is 11.1 Å². The van der Waals surface area contributed by atoms with E-state index in [1.807, 2.05) is 18.2 Å². The zero-order valence-corrected chi connectivity index (χ0v) is 12.6. The molecular weight excluding hydrogens is 325 g/mol. The Balaban J connectivity index is 2.16. The molecule has 0 heterocycles. The van der Waals surface area contributed by atoms with E-state index in [2.05, 4.69) is 21.2 Å². The van der Waals surface area contributed by atoms with Crippen LogP contribution in [0.15, 0.2) is 40.9 Å². The monoisotopic (exact) mass is 339 g/mol. The second-order valence-electron chi connectivity index (χ2n) is 4.37. The maximum Gasteiger partial charge on any atom is 0.127 e. The normalized spacial score (nSPS) is 10.6. The van der Waals surface area contributed by atoms with E-state index in [1.54, 1.807) is 7.11 Å². The molecule has 0 fully saturated rings. The second-order valence-corrected chi connectivity index (χ2v) is 5.22. The number of hydrogen-bond donors (Lipinski definition) is 2. The zero-order valence-electron chi connectivity index (χ0n) is 11.0. The minimum absolute atomic E-state index is 0.0758. The maximum absolute atomic E-state index is 13.2. The highest BCUT2D eigenvalue weighted by Crippen LogP contribution is 2.26. The molecule has 2 N–H and O–H groups in total. The first-order valence-electron chi connectivity index (χ1n) is 6.09. The molecule has 0 saturated carbocycles. The Morgan fingerprint density at radius 3 is 2.80 bits per heavy atom. The number of nitrogens with one attached hydrogen (secondary N) is 1. The number of rotatable bonds is 5. The van der Waals surface area contributed by atoms with E-state index in [-0.39, 0.29) is 5.75 Å². The molecular formula is C15H15BrFNO2. The predicted octanol–water partition coefficient (Wildman–Crippen LogP) is 4.05. The van der Waals surface area contributed by atoms with Gasteiger partial charge in [0.15, 0.2) is 0 Å². The number of benzene rings is 2. The first-order valence-corrected chi connectivity index (χ1v) is 6.88. The summed E-state index contributed by atoms with van der Waals surface area (Å²) in [5, 5.41) is 12.6. The molecule has 0 aliphatic heterocycles. The standard InChI is InChI=1S/C15H15BrFNO2/c1-20-9-13-14(16)3-2-4-15(13)18-8-10-5-11(17)7-12(19)6-10/h2-7,18-19H,8-9H2,1H3. The summed E-state index contributed by atoms with van der Waals surface area (Å²) in [6.07, 6.45) is 0. The minimum Gasteiger partial charge on any atom is -0.508 e. The molecule has 2 aromatic rings. The Kier molecular flexibility index (Phi) is 4.98. The molecule has 5 heteroatoms. The van der Waals surface area contributed by atoms with Gasteiger partial charge in [-0.05, 0) is 29.8 Å². The molecule has 2 rings (SSSR count). The number of ether oxygens (including phenoxy) is 1. The van der Waals surface area contributed by atoms with Gasteiger partial charge in [-0.25, -0.2) is 4.39 Å². The summed E-state index contributed by atoms with van der Waals surface area (Å²) in [5.41, 5.74) is 2.58. The van der Waals surface area contributed by atoms with E-state index in [4.69, 9.17) is 4.74 Å². The average molecular weight is 340 g/mol. The Bertz CT molecular complexity index is 584. The van der Waals surface area contributed by atoms with E-state index >= 15 is 0 Å². The Hall–Kier alpha value is -1.59. The second kappa shape index (κ2) is 6.72. The Morgan fingerprint density at radius 1 is 1.30 bits per heavy atom. The van der Waals surface area contributed by atoms with Crippen molar-refractivity contribution in [3.8, 4) is 5.75 Å². The molecule has 0 unspecified atom stereocenters. The van der Waals surface area contributed by atoms with Gasteiger partial charge in [-0.1, -0.05) is 22.0 Å². The lowest BCUT2D eigenvalue weighted by Crippen LogP contribution is -2.04. The molecule has 0 radical (unpaired) electrons. The molecule has 0 aromatic heterocycles. The van der Waals surface area contributed by atoms with E-state index < -0.39 is 5.82 Å². The van der Waals surface area contributed by atoms with Gasteiger partial charge in [0.25, 0.3) is 0 Å². The van der Waals surface area contributed by atoms with Crippen molar-refractivity contribution in [1.82, 2.24) is 0 Å². The predicted molar refractivity (Wildman–Crippen MR) is 80.2 cm³/mol. The van der Waals surface area contributed by atoms with Gasteiger partial charge in [0.05, 0.1) is 6.61 Å². The van der Waals surface area contributed by atoms with Crippen LogP contribution in [0.5, 0.6) is 5.75 Å². The molecule has 0 bridgehead atoms. The van der Waals surface area contributed by atoms with Gasteiger partial charge in [0.1, 0.15) is 11.6 Å². The summed E-state index contributed by atoms with van der Waals surface area (Å²) < 4.78 is 19.3. The van der Waals surface area contributed by atoms with Crippen molar-refractivity contribution in [3.05, 3.63) is 57.8 Å². The summed E-state index contributed by atoms with van der Waals surface area (Å²) in [4.78, 5) is 0. The largest absolute Gasteiger partial charge is 0.508 e. The van der Waals surface area contributed by atoms with Crippen LogP contribution in [0.2, 0.25) is 0 Å². The van der Waals surface area contributed by atoms with Gasteiger partial charge >= 0.3 is 0 Å². The summed E-state index contributed by atoms with van der Waals surface area (Å²) >= 11 is 3.48. The summed E-state index contributed by atoms with van der Waals surface area (Å²) in [7, 11) is 1.63. The van der Waals surface area contributed by atoms with Crippen molar-refractivity contribution in [2.75, 3.05) is 12.4 Å². The fourth-order valence-electron chi connectivity index (χ4n) is 1.95. The first-order chi connectivity index (χ1) is 9.60. The third-order valence-corrected chi connectivity index (χ3v) is 3.58. The number of methoxy groups -OCH3 is 1. The highest BCUT2D eigenvalue weighted by Gasteiger charge is 2.07. The number of aromatic hydroxyl groups is 1. The van der Waals surface area contributed by atoms with Crippen LogP contribution in [0.3, 0.4) is 0 Å². The molecule has 0 amide bonds. The van der Waals surface area contributed by atoms with Crippen molar-refractivity contribution in [3.63, 3.8) is 0 Å². The van der Waals surface area contributed by atoms with Crippen molar-refractivity contribution in [1.29, 1.82) is 0 Å². The lowest BCUT2D eigenvalue weighted by Gasteiger charge is -2.13. The number of phenolic OH excluding ortho intramolecular Hbond substituents is 1. The third-order valence-electron chi connectivity index (χ3n) is 2.83. The number of halogens is 2. The Labute approximate surface area is 125 Å². The topological polar surface area (TPSA) is 41.5 Å². The Morgan fingerprint density at radius 2 is 2.10 bits per heavy atom. The number of phenols is 1. The maximum atomic E-state index is 13.2. The highest BCUT2D eigenvalue weighted by molar-refractivity contribution is 9.10. The van der Waals surface area contributed by atoms with Crippen LogP contribution in [0.25, 0.3) is 0 Å². The SMILES string of the molecule is COCc1c(Br)cccc1NCc1cc(O)cc(F)c1.